The van der Waals surface area contributed by atoms with Gasteiger partial charge in [-0.1, -0.05) is 13.8 Å². The van der Waals surface area contributed by atoms with E-state index < -0.39 is 22.7 Å². The van der Waals surface area contributed by atoms with Gasteiger partial charge in [0, 0.05) is 12.6 Å². The van der Waals surface area contributed by atoms with Crippen molar-refractivity contribution in [3.63, 3.8) is 0 Å². The number of anilines is 1. The van der Waals surface area contributed by atoms with Gasteiger partial charge in [0.05, 0.1) is 11.0 Å². The second-order valence-electron chi connectivity index (χ2n) is 4.82. The number of aliphatic hydroxyl groups excluding tert-OH is 1. The molecule has 0 spiro atoms. The molecule has 0 saturated heterocycles. The summed E-state index contributed by atoms with van der Waals surface area (Å²) >= 11 is 0. The maximum atomic E-state index is 11.1. The van der Waals surface area contributed by atoms with Gasteiger partial charge in [-0.25, -0.2) is 9.78 Å². The summed E-state index contributed by atoms with van der Waals surface area (Å²) < 4.78 is 0. The molecule has 1 unspecified atom stereocenters. The fraction of sp³-hybridized carbons (Fsp3) is 0.500. The van der Waals surface area contributed by atoms with Crippen molar-refractivity contribution in [3.05, 3.63) is 27.9 Å². The molecule has 0 aliphatic rings. The standard InChI is InChI=1S/C12H17N3O5/c1-7(2)3-9(16)6-14-11-10(12(17)18)4-8(5-13-11)15(19)20/h4-5,7,9,16H,3,6H2,1-2H3,(H,13,14)(H,17,18). The van der Waals surface area contributed by atoms with Crippen molar-refractivity contribution in [3.8, 4) is 0 Å². The van der Waals surface area contributed by atoms with Crippen LogP contribution in [0.2, 0.25) is 0 Å². The van der Waals surface area contributed by atoms with Gasteiger partial charge in [0.2, 0.25) is 0 Å². The number of aromatic nitrogens is 1. The first-order valence-corrected chi connectivity index (χ1v) is 6.11. The molecule has 0 radical (unpaired) electrons. The highest BCUT2D eigenvalue weighted by molar-refractivity contribution is 5.93. The number of aliphatic hydroxyl groups is 1. The molecule has 1 rings (SSSR count). The molecule has 0 bridgehead atoms. The summed E-state index contributed by atoms with van der Waals surface area (Å²) in [7, 11) is 0. The third-order valence-electron chi connectivity index (χ3n) is 2.56. The average Bonchev–Trinajstić information content (AvgIpc) is 2.35. The molecule has 20 heavy (non-hydrogen) atoms. The highest BCUT2D eigenvalue weighted by atomic mass is 16.6. The second kappa shape index (κ2) is 6.80. The van der Waals surface area contributed by atoms with Crippen molar-refractivity contribution in [2.24, 2.45) is 5.92 Å². The van der Waals surface area contributed by atoms with Gasteiger partial charge in [-0.2, -0.15) is 0 Å². The monoisotopic (exact) mass is 283 g/mol. The Bertz CT molecular complexity index is 504. The van der Waals surface area contributed by atoms with Crippen LogP contribution >= 0.6 is 0 Å². The van der Waals surface area contributed by atoms with Crippen LogP contribution in [0.5, 0.6) is 0 Å². The van der Waals surface area contributed by atoms with Crippen LogP contribution in [-0.2, 0) is 0 Å². The topological polar surface area (TPSA) is 126 Å². The molecular formula is C12H17N3O5. The van der Waals surface area contributed by atoms with Gasteiger partial charge in [0.25, 0.3) is 5.69 Å². The number of hydrogen-bond donors (Lipinski definition) is 3. The number of carboxylic acids is 1. The van der Waals surface area contributed by atoms with Gasteiger partial charge >= 0.3 is 5.97 Å². The molecule has 1 aromatic rings. The van der Waals surface area contributed by atoms with Gasteiger partial charge in [0.1, 0.15) is 17.6 Å². The Morgan fingerprint density at radius 3 is 2.70 bits per heavy atom. The smallest absolute Gasteiger partial charge is 0.339 e. The lowest BCUT2D eigenvalue weighted by molar-refractivity contribution is -0.385. The Labute approximate surface area is 115 Å². The molecule has 1 aromatic heterocycles. The van der Waals surface area contributed by atoms with Crippen LogP contribution in [0.3, 0.4) is 0 Å². The average molecular weight is 283 g/mol. The number of aromatic carboxylic acids is 1. The Balaban J connectivity index is 2.84. The molecule has 0 aliphatic heterocycles. The lowest BCUT2D eigenvalue weighted by Gasteiger charge is -2.15. The molecule has 110 valence electrons. The normalized spacial score (nSPS) is 12.2. The Morgan fingerprint density at radius 2 is 2.20 bits per heavy atom. The SMILES string of the molecule is CC(C)CC(O)CNc1ncc([N+](=O)[O-])cc1C(=O)O. The maximum absolute atomic E-state index is 11.1. The first-order valence-electron chi connectivity index (χ1n) is 6.11. The Morgan fingerprint density at radius 1 is 1.55 bits per heavy atom. The van der Waals surface area contributed by atoms with Crippen LogP contribution in [0.15, 0.2) is 12.3 Å². The number of nitrogens with one attached hydrogen (secondary N) is 1. The van der Waals surface area contributed by atoms with E-state index in [0.29, 0.717) is 12.3 Å². The summed E-state index contributed by atoms with van der Waals surface area (Å²) in [6, 6.07) is 0.937. The number of pyridine rings is 1. The van der Waals surface area contributed by atoms with Gasteiger partial charge < -0.3 is 15.5 Å². The minimum Gasteiger partial charge on any atom is -0.478 e. The number of carbonyl (C=O) groups is 1. The molecule has 3 N–H and O–H groups in total. The second-order valence-corrected chi connectivity index (χ2v) is 4.82. The highest BCUT2D eigenvalue weighted by Gasteiger charge is 2.18. The van der Waals surface area contributed by atoms with Crippen LogP contribution in [0, 0.1) is 16.0 Å². The summed E-state index contributed by atoms with van der Waals surface area (Å²) in [6.07, 6.45) is 0.889. The van der Waals surface area contributed by atoms with E-state index >= 15 is 0 Å². The van der Waals surface area contributed by atoms with E-state index in [1.807, 2.05) is 13.8 Å². The molecule has 0 aliphatic carbocycles. The largest absolute Gasteiger partial charge is 0.478 e. The number of carboxylic acid groups (broad SMARTS) is 1. The summed E-state index contributed by atoms with van der Waals surface area (Å²) in [4.78, 5) is 24.7. The van der Waals surface area contributed by atoms with Crippen molar-refractivity contribution < 1.29 is 19.9 Å². The minimum atomic E-state index is -1.32. The first-order chi connectivity index (χ1) is 9.31. The van der Waals surface area contributed by atoms with Crippen LogP contribution < -0.4 is 5.32 Å². The molecule has 0 saturated carbocycles. The Hall–Kier alpha value is -2.22. The Kier molecular flexibility index (Phi) is 5.39. The van der Waals surface area contributed by atoms with Gasteiger partial charge in [-0.3, -0.25) is 10.1 Å². The predicted octanol–water partition coefficient (Wildman–Crippen LogP) is 1.51. The number of hydrogen-bond acceptors (Lipinski definition) is 6. The maximum Gasteiger partial charge on any atom is 0.339 e. The van der Waals surface area contributed by atoms with Crippen molar-refractivity contribution in [1.29, 1.82) is 0 Å². The summed E-state index contributed by atoms with van der Waals surface area (Å²) in [6.45, 7) is 4.04. The summed E-state index contributed by atoms with van der Waals surface area (Å²) in [5.41, 5.74) is -0.688. The summed E-state index contributed by atoms with van der Waals surface area (Å²) in [5.74, 6) is -1.01. The third kappa shape index (κ3) is 4.47. The fourth-order valence-corrected chi connectivity index (χ4v) is 1.70. The molecule has 8 nitrogen and oxygen atoms in total. The van der Waals surface area contributed by atoms with Crippen LogP contribution in [-0.4, -0.2) is 38.7 Å². The molecule has 1 heterocycles. The van der Waals surface area contributed by atoms with Gasteiger partial charge in [-0.05, 0) is 12.3 Å². The van der Waals surface area contributed by atoms with E-state index in [-0.39, 0.29) is 17.9 Å². The zero-order valence-corrected chi connectivity index (χ0v) is 11.2. The van der Waals surface area contributed by atoms with E-state index in [0.717, 1.165) is 12.3 Å². The predicted molar refractivity (Wildman–Crippen MR) is 71.8 cm³/mol. The first kappa shape index (κ1) is 15.8. The van der Waals surface area contributed by atoms with Crippen LogP contribution in [0.25, 0.3) is 0 Å². The van der Waals surface area contributed by atoms with Crippen molar-refractivity contribution in [1.82, 2.24) is 4.98 Å². The van der Waals surface area contributed by atoms with E-state index in [1.165, 1.54) is 0 Å². The molecule has 0 fully saturated rings. The van der Waals surface area contributed by atoms with Crippen LogP contribution in [0.4, 0.5) is 11.5 Å². The van der Waals surface area contributed by atoms with Crippen molar-refractivity contribution in [2.45, 2.75) is 26.4 Å². The number of rotatable bonds is 7. The van der Waals surface area contributed by atoms with Crippen molar-refractivity contribution >= 4 is 17.5 Å². The molecule has 0 amide bonds. The minimum absolute atomic E-state index is 0.00547. The molecule has 8 heteroatoms. The third-order valence-corrected chi connectivity index (χ3v) is 2.56. The number of nitrogens with zero attached hydrogens (tertiary/aromatic N) is 2. The zero-order valence-electron chi connectivity index (χ0n) is 11.2. The van der Waals surface area contributed by atoms with Crippen molar-refractivity contribution in [2.75, 3.05) is 11.9 Å². The van der Waals surface area contributed by atoms with Gasteiger partial charge in [-0.15, -0.1) is 0 Å². The lowest BCUT2D eigenvalue weighted by Crippen LogP contribution is -2.22. The fourth-order valence-electron chi connectivity index (χ4n) is 1.70. The molecule has 0 aromatic carbocycles. The number of nitro groups is 1. The van der Waals surface area contributed by atoms with Crippen LogP contribution in [0.1, 0.15) is 30.6 Å². The lowest BCUT2D eigenvalue weighted by atomic mass is 10.1. The van der Waals surface area contributed by atoms with E-state index in [4.69, 9.17) is 5.11 Å². The summed E-state index contributed by atoms with van der Waals surface area (Å²) in [5, 5.41) is 32.0. The van der Waals surface area contributed by atoms with E-state index in [1.54, 1.807) is 0 Å². The molecular weight excluding hydrogens is 266 g/mol. The van der Waals surface area contributed by atoms with E-state index in [2.05, 4.69) is 10.3 Å². The molecule has 1 atom stereocenters. The highest BCUT2D eigenvalue weighted by Crippen LogP contribution is 2.19. The van der Waals surface area contributed by atoms with Gasteiger partial charge in [0.15, 0.2) is 0 Å². The zero-order chi connectivity index (χ0) is 15.3. The quantitative estimate of drug-likeness (QED) is 0.511. The van der Waals surface area contributed by atoms with E-state index in [9.17, 15) is 20.0 Å².